The summed E-state index contributed by atoms with van der Waals surface area (Å²) in [6.45, 7) is 7.46. The van der Waals surface area contributed by atoms with Gasteiger partial charge >= 0.3 is 0 Å². The van der Waals surface area contributed by atoms with Crippen LogP contribution in [0.25, 0.3) is 0 Å². The quantitative estimate of drug-likeness (QED) is 0.829. The predicted octanol–water partition coefficient (Wildman–Crippen LogP) is 4.11. The first kappa shape index (κ1) is 15.8. The first-order valence-corrected chi connectivity index (χ1v) is 8.82. The molecule has 0 saturated heterocycles. The SMILES string of the molecule is Cc1nc(N(C)C2CCCCCC2)sc1CNC(C)C. The van der Waals surface area contributed by atoms with E-state index in [2.05, 4.69) is 38.0 Å². The Bertz CT molecular complexity index is 406. The van der Waals surface area contributed by atoms with E-state index in [0.29, 0.717) is 12.1 Å². The number of hydrogen-bond donors (Lipinski definition) is 1. The lowest BCUT2D eigenvalue weighted by Crippen LogP contribution is -2.30. The van der Waals surface area contributed by atoms with Crippen molar-refractivity contribution >= 4 is 16.5 Å². The molecule has 0 unspecified atom stereocenters. The van der Waals surface area contributed by atoms with Gasteiger partial charge < -0.3 is 10.2 Å². The van der Waals surface area contributed by atoms with Gasteiger partial charge in [0.15, 0.2) is 5.13 Å². The van der Waals surface area contributed by atoms with E-state index in [0.717, 1.165) is 6.54 Å². The van der Waals surface area contributed by atoms with E-state index >= 15 is 0 Å². The molecule has 1 aliphatic rings. The Morgan fingerprint density at radius 3 is 2.50 bits per heavy atom. The van der Waals surface area contributed by atoms with E-state index < -0.39 is 0 Å². The molecule has 1 heterocycles. The highest BCUT2D eigenvalue weighted by atomic mass is 32.1. The molecule has 2 rings (SSSR count). The normalized spacial score (nSPS) is 17.4. The minimum Gasteiger partial charge on any atom is -0.348 e. The van der Waals surface area contributed by atoms with Gasteiger partial charge in [0.1, 0.15) is 0 Å². The molecule has 20 heavy (non-hydrogen) atoms. The Morgan fingerprint density at radius 2 is 1.90 bits per heavy atom. The fraction of sp³-hybridized carbons (Fsp3) is 0.812. The summed E-state index contributed by atoms with van der Waals surface area (Å²) >= 11 is 1.86. The third kappa shape index (κ3) is 4.19. The molecule has 1 aliphatic carbocycles. The summed E-state index contributed by atoms with van der Waals surface area (Å²) in [5.41, 5.74) is 1.19. The van der Waals surface area contributed by atoms with Crippen LogP contribution in [-0.4, -0.2) is 24.1 Å². The van der Waals surface area contributed by atoms with Crippen molar-refractivity contribution in [3.63, 3.8) is 0 Å². The number of thiazole rings is 1. The van der Waals surface area contributed by atoms with E-state index in [1.807, 2.05) is 11.3 Å². The maximum absolute atomic E-state index is 4.80. The zero-order chi connectivity index (χ0) is 14.5. The first-order chi connectivity index (χ1) is 9.58. The monoisotopic (exact) mass is 295 g/mol. The maximum atomic E-state index is 4.80. The summed E-state index contributed by atoms with van der Waals surface area (Å²) in [5, 5.41) is 4.70. The molecule has 0 bridgehead atoms. The van der Waals surface area contributed by atoms with Gasteiger partial charge in [-0.1, -0.05) is 39.5 Å². The van der Waals surface area contributed by atoms with Gasteiger partial charge in [0.25, 0.3) is 0 Å². The summed E-state index contributed by atoms with van der Waals surface area (Å²) in [7, 11) is 2.23. The number of nitrogens with one attached hydrogen (secondary N) is 1. The lowest BCUT2D eigenvalue weighted by molar-refractivity contribution is 0.552. The molecule has 1 aromatic heterocycles. The first-order valence-electron chi connectivity index (χ1n) is 8.00. The van der Waals surface area contributed by atoms with Gasteiger partial charge in [-0.2, -0.15) is 0 Å². The molecule has 0 atom stereocenters. The van der Waals surface area contributed by atoms with E-state index in [1.54, 1.807) is 0 Å². The summed E-state index contributed by atoms with van der Waals surface area (Å²) in [6.07, 6.45) is 8.22. The highest BCUT2D eigenvalue weighted by Gasteiger charge is 2.20. The zero-order valence-corrected chi connectivity index (χ0v) is 14.2. The Labute approximate surface area is 127 Å². The van der Waals surface area contributed by atoms with E-state index in [4.69, 9.17) is 4.98 Å². The van der Waals surface area contributed by atoms with Crippen LogP contribution in [0.2, 0.25) is 0 Å². The highest BCUT2D eigenvalue weighted by molar-refractivity contribution is 7.15. The van der Waals surface area contributed by atoms with Crippen molar-refractivity contribution in [2.24, 2.45) is 0 Å². The number of nitrogens with zero attached hydrogens (tertiary/aromatic N) is 2. The lowest BCUT2D eigenvalue weighted by Gasteiger charge is -2.26. The van der Waals surface area contributed by atoms with Crippen LogP contribution < -0.4 is 10.2 Å². The van der Waals surface area contributed by atoms with Crippen LogP contribution in [0.5, 0.6) is 0 Å². The largest absolute Gasteiger partial charge is 0.348 e. The van der Waals surface area contributed by atoms with Crippen molar-refractivity contribution in [3.05, 3.63) is 10.6 Å². The average Bonchev–Trinajstić information content (AvgIpc) is 2.64. The van der Waals surface area contributed by atoms with Crippen LogP contribution in [0.15, 0.2) is 0 Å². The minimum absolute atomic E-state index is 0.527. The van der Waals surface area contributed by atoms with E-state index in [-0.39, 0.29) is 0 Å². The van der Waals surface area contributed by atoms with Crippen molar-refractivity contribution in [1.82, 2.24) is 10.3 Å². The second-order valence-electron chi connectivity index (χ2n) is 6.30. The van der Waals surface area contributed by atoms with Gasteiger partial charge in [-0.3, -0.25) is 0 Å². The van der Waals surface area contributed by atoms with Gasteiger partial charge in [0.05, 0.1) is 5.69 Å². The fourth-order valence-corrected chi connectivity index (χ4v) is 3.87. The van der Waals surface area contributed by atoms with Gasteiger partial charge in [-0.05, 0) is 19.8 Å². The molecular weight excluding hydrogens is 266 g/mol. The number of aromatic nitrogens is 1. The highest BCUT2D eigenvalue weighted by Crippen LogP contribution is 2.30. The molecule has 114 valence electrons. The van der Waals surface area contributed by atoms with Gasteiger partial charge in [-0.25, -0.2) is 4.98 Å². The summed E-state index contributed by atoms with van der Waals surface area (Å²) in [4.78, 5) is 8.61. The molecular formula is C16H29N3S. The van der Waals surface area contributed by atoms with Crippen molar-refractivity contribution in [2.45, 2.75) is 77.9 Å². The van der Waals surface area contributed by atoms with Gasteiger partial charge in [0, 0.05) is 30.6 Å². The Balaban J connectivity index is 2.02. The molecule has 0 radical (unpaired) electrons. The number of hydrogen-bond acceptors (Lipinski definition) is 4. The standard InChI is InChI=1S/C16H29N3S/c1-12(2)17-11-15-13(3)18-16(20-15)19(4)14-9-7-5-6-8-10-14/h12,14,17H,5-11H2,1-4H3. The fourth-order valence-electron chi connectivity index (χ4n) is 2.83. The zero-order valence-electron chi connectivity index (χ0n) is 13.4. The summed E-state index contributed by atoms with van der Waals surface area (Å²) in [5.74, 6) is 0. The Hall–Kier alpha value is -0.610. The van der Waals surface area contributed by atoms with Crippen LogP contribution in [0.4, 0.5) is 5.13 Å². The molecule has 1 saturated carbocycles. The van der Waals surface area contributed by atoms with Crippen molar-refractivity contribution in [2.75, 3.05) is 11.9 Å². The molecule has 1 fully saturated rings. The summed E-state index contributed by atoms with van der Waals surface area (Å²) < 4.78 is 0. The van der Waals surface area contributed by atoms with Crippen molar-refractivity contribution in [1.29, 1.82) is 0 Å². The third-order valence-electron chi connectivity index (χ3n) is 4.23. The maximum Gasteiger partial charge on any atom is 0.185 e. The molecule has 4 heteroatoms. The third-order valence-corrected chi connectivity index (χ3v) is 5.47. The molecule has 0 aromatic carbocycles. The van der Waals surface area contributed by atoms with Gasteiger partial charge in [-0.15, -0.1) is 11.3 Å². The molecule has 0 aliphatic heterocycles. The van der Waals surface area contributed by atoms with Crippen LogP contribution in [0, 0.1) is 6.92 Å². The number of rotatable bonds is 5. The predicted molar refractivity (Wildman–Crippen MR) is 88.7 cm³/mol. The van der Waals surface area contributed by atoms with Gasteiger partial charge in [0.2, 0.25) is 0 Å². The minimum atomic E-state index is 0.527. The molecule has 1 N–H and O–H groups in total. The number of aryl methyl sites for hydroxylation is 1. The Morgan fingerprint density at radius 1 is 1.25 bits per heavy atom. The van der Waals surface area contributed by atoms with Crippen molar-refractivity contribution < 1.29 is 0 Å². The topological polar surface area (TPSA) is 28.2 Å². The smallest absolute Gasteiger partial charge is 0.185 e. The van der Waals surface area contributed by atoms with E-state index in [1.165, 1.54) is 54.2 Å². The Kier molecular flexibility index (Phi) is 5.85. The van der Waals surface area contributed by atoms with E-state index in [9.17, 15) is 0 Å². The summed E-state index contributed by atoms with van der Waals surface area (Å²) in [6, 6.07) is 1.22. The molecule has 0 spiro atoms. The number of anilines is 1. The second-order valence-corrected chi connectivity index (χ2v) is 7.36. The van der Waals surface area contributed by atoms with Crippen LogP contribution in [-0.2, 0) is 6.54 Å². The second kappa shape index (κ2) is 7.41. The van der Waals surface area contributed by atoms with Crippen LogP contribution in [0.1, 0.15) is 62.9 Å². The lowest BCUT2D eigenvalue weighted by atomic mass is 10.1. The van der Waals surface area contributed by atoms with Crippen molar-refractivity contribution in [3.8, 4) is 0 Å². The van der Waals surface area contributed by atoms with Crippen LogP contribution in [0.3, 0.4) is 0 Å². The van der Waals surface area contributed by atoms with Crippen LogP contribution >= 0.6 is 11.3 Å². The molecule has 3 nitrogen and oxygen atoms in total. The molecule has 1 aromatic rings. The molecule has 0 amide bonds. The average molecular weight is 295 g/mol.